The van der Waals surface area contributed by atoms with E-state index < -0.39 is 5.97 Å². The van der Waals surface area contributed by atoms with E-state index in [4.69, 9.17) is 4.74 Å². The number of anilines is 1. The predicted octanol–water partition coefficient (Wildman–Crippen LogP) is 4.62. The molecule has 1 aromatic heterocycles. The van der Waals surface area contributed by atoms with Gasteiger partial charge in [0.1, 0.15) is 10.6 Å². The van der Waals surface area contributed by atoms with Crippen LogP contribution in [-0.2, 0) is 4.74 Å². The second-order valence-electron chi connectivity index (χ2n) is 4.90. The summed E-state index contributed by atoms with van der Waals surface area (Å²) in [4.78, 5) is 25.5. The van der Waals surface area contributed by atoms with Gasteiger partial charge in [0.05, 0.1) is 11.5 Å². The summed E-state index contributed by atoms with van der Waals surface area (Å²) in [5.74, 6) is -0.364. The molecule has 0 saturated heterocycles. The van der Waals surface area contributed by atoms with Crippen molar-refractivity contribution in [3.63, 3.8) is 0 Å². The van der Waals surface area contributed by atoms with Crippen molar-refractivity contribution in [1.29, 1.82) is 0 Å². The molecule has 0 spiro atoms. The molecule has 5 heteroatoms. The second kappa shape index (κ2) is 7.92. The number of Topliss-reactive ketones (excluding diaryl/α,β-unsaturated/α-hetero) is 1. The molecular formula is C18H21NO3S. The maximum absolute atomic E-state index is 12.5. The molecule has 4 nitrogen and oxygen atoms in total. The molecule has 0 amide bonds. The van der Waals surface area contributed by atoms with Gasteiger partial charge in [0.2, 0.25) is 0 Å². The Labute approximate surface area is 140 Å². The lowest BCUT2D eigenvalue weighted by Crippen LogP contribution is -2.09. The quantitative estimate of drug-likeness (QED) is 0.594. The fraction of sp³-hybridized carbons (Fsp3) is 0.333. The minimum atomic E-state index is -0.395. The van der Waals surface area contributed by atoms with Crippen LogP contribution in [0.3, 0.4) is 0 Å². The van der Waals surface area contributed by atoms with Gasteiger partial charge in [0.15, 0.2) is 5.78 Å². The van der Waals surface area contributed by atoms with E-state index in [1.807, 2.05) is 44.2 Å². The first-order valence-corrected chi connectivity index (χ1v) is 8.61. The highest BCUT2D eigenvalue weighted by Crippen LogP contribution is 2.41. The van der Waals surface area contributed by atoms with Crippen LogP contribution in [0, 0.1) is 0 Å². The summed E-state index contributed by atoms with van der Waals surface area (Å²) in [7, 11) is 0. The molecule has 2 aromatic rings. The monoisotopic (exact) mass is 331 g/mol. The van der Waals surface area contributed by atoms with Crippen LogP contribution in [0.15, 0.2) is 30.3 Å². The van der Waals surface area contributed by atoms with Crippen molar-refractivity contribution >= 4 is 28.1 Å². The van der Waals surface area contributed by atoms with Crippen molar-refractivity contribution in [2.24, 2.45) is 0 Å². The molecule has 0 unspecified atom stereocenters. The maximum atomic E-state index is 12.5. The smallest absolute Gasteiger partial charge is 0.341 e. The number of hydrogen-bond donors (Lipinski definition) is 1. The van der Waals surface area contributed by atoms with Gasteiger partial charge < -0.3 is 10.1 Å². The van der Waals surface area contributed by atoms with E-state index in [0.717, 1.165) is 5.56 Å². The first kappa shape index (κ1) is 17.2. The Kier molecular flexibility index (Phi) is 5.93. The van der Waals surface area contributed by atoms with Gasteiger partial charge in [-0.2, -0.15) is 0 Å². The van der Waals surface area contributed by atoms with Gasteiger partial charge in [-0.15, -0.1) is 11.3 Å². The molecule has 23 heavy (non-hydrogen) atoms. The van der Waals surface area contributed by atoms with Crippen LogP contribution in [0.25, 0.3) is 11.1 Å². The SMILES string of the molecule is CCNc1sc(C(=O)CC)c(-c2ccccc2)c1C(=O)OCC. The number of rotatable bonds is 7. The average molecular weight is 331 g/mol. The van der Waals surface area contributed by atoms with Crippen LogP contribution in [-0.4, -0.2) is 24.9 Å². The van der Waals surface area contributed by atoms with E-state index in [1.165, 1.54) is 11.3 Å². The highest BCUT2D eigenvalue weighted by molar-refractivity contribution is 7.19. The maximum Gasteiger partial charge on any atom is 0.341 e. The Morgan fingerprint density at radius 1 is 1.13 bits per heavy atom. The van der Waals surface area contributed by atoms with E-state index in [-0.39, 0.29) is 5.78 Å². The number of nitrogens with one attached hydrogen (secondary N) is 1. The number of ketones is 1. The lowest BCUT2D eigenvalue weighted by atomic mass is 9.99. The van der Waals surface area contributed by atoms with E-state index in [9.17, 15) is 9.59 Å². The lowest BCUT2D eigenvalue weighted by Gasteiger charge is -2.09. The second-order valence-corrected chi connectivity index (χ2v) is 5.92. The Morgan fingerprint density at radius 2 is 1.83 bits per heavy atom. The third-order valence-corrected chi connectivity index (χ3v) is 4.55. The standard InChI is InChI=1S/C18H21NO3S/c1-4-13(20)16-14(12-10-8-7-9-11-12)15(18(21)22-6-3)17(23-16)19-5-2/h7-11,19H,4-6H2,1-3H3. The predicted molar refractivity (Wildman–Crippen MR) is 94.5 cm³/mol. The Hall–Kier alpha value is -2.14. The summed E-state index contributed by atoms with van der Waals surface area (Å²) in [6.07, 6.45) is 0.397. The van der Waals surface area contributed by atoms with E-state index >= 15 is 0 Å². The zero-order valence-electron chi connectivity index (χ0n) is 13.6. The van der Waals surface area contributed by atoms with Gasteiger partial charge in [-0.3, -0.25) is 4.79 Å². The van der Waals surface area contributed by atoms with Crippen LogP contribution in [0.4, 0.5) is 5.00 Å². The molecule has 0 atom stereocenters. The zero-order chi connectivity index (χ0) is 16.8. The molecule has 1 heterocycles. The number of hydrogen-bond acceptors (Lipinski definition) is 5. The van der Waals surface area contributed by atoms with Crippen LogP contribution >= 0.6 is 11.3 Å². The molecule has 0 aliphatic heterocycles. The number of esters is 1. The molecular weight excluding hydrogens is 310 g/mol. The highest BCUT2D eigenvalue weighted by atomic mass is 32.1. The molecule has 0 aliphatic rings. The van der Waals surface area contributed by atoms with Gasteiger partial charge in [0.25, 0.3) is 0 Å². The molecule has 0 bridgehead atoms. The highest BCUT2D eigenvalue weighted by Gasteiger charge is 2.28. The summed E-state index contributed by atoms with van der Waals surface area (Å²) in [6, 6.07) is 9.52. The molecule has 0 aliphatic carbocycles. The summed E-state index contributed by atoms with van der Waals surface area (Å²) < 4.78 is 5.22. The zero-order valence-corrected chi connectivity index (χ0v) is 14.5. The minimum absolute atomic E-state index is 0.0311. The first-order valence-electron chi connectivity index (χ1n) is 7.80. The molecule has 0 fully saturated rings. The Balaban J connectivity index is 2.71. The lowest BCUT2D eigenvalue weighted by molar-refractivity contribution is 0.0529. The van der Waals surface area contributed by atoms with Crippen LogP contribution in [0.2, 0.25) is 0 Å². The van der Waals surface area contributed by atoms with Crippen LogP contribution < -0.4 is 5.32 Å². The Morgan fingerprint density at radius 3 is 2.39 bits per heavy atom. The van der Waals surface area contributed by atoms with Crippen molar-refractivity contribution in [2.45, 2.75) is 27.2 Å². The topological polar surface area (TPSA) is 55.4 Å². The minimum Gasteiger partial charge on any atom is -0.462 e. The third-order valence-electron chi connectivity index (χ3n) is 3.36. The van der Waals surface area contributed by atoms with Crippen LogP contribution in [0.5, 0.6) is 0 Å². The largest absolute Gasteiger partial charge is 0.462 e. The molecule has 1 aromatic carbocycles. The van der Waals surface area contributed by atoms with Gasteiger partial charge in [-0.25, -0.2) is 4.79 Å². The molecule has 122 valence electrons. The van der Waals surface area contributed by atoms with Gasteiger partial charge >= 0.3 is 5.97 Å². The summed E-state index contributed by atoms with van der Waals surface area (Å²) >= 11 is 1.33. The number of benzene rings is 1. The fourth-order valence-electron chi connectivity index (χ4n) is 2.35. The van der Waals surface area contributed by atoms with Gasteiger partial charge in [-0.05, 0) is 19.4 Å². The van der Waals surface area contributed by atoms with E-state index in [1.54, 1.807) is 6.92 Å². The molecule has 2 rings (SSSR count). The van der Waals surface area contributed by atoms with Crippen molar-refractivity contribution in [2.75, 3.05) is 18.5 Å². The molecule has 0 saturated carbocycles. The number of thiophene rings is 1. The van der Waals surface area contributed by atoms with Crippen LogP contribution in [0.1, 0.15) is 47.2 Å². The normalized spacial score (nSPS) is 10.4. The molecule has 1 N–H and O–H groups in total. The van der Waals surface area contributed by atoms with Crippen molar-refractivity contribution in [3.05, 3.63) is 40.8 Å². The third kappa shape index (κ3) is 3.62. The number of ether oxygens (including phenoxy) is 1. The van der Waals surface area contributed by atoms with Gasteiger partial charge in [0, 0.05) is 18.5 Å². The summed E-state index contributed by atoms with van der Waals surface area (Å²) in [6.45, 7) is 6.52. The van der Waals surface area contributed by atoms with Crippen molar-refractivity contribution in [1.82, 2.24) is 0 Å². The summed E-state index contributed by atoms with van der Waals surface area (Å²) in [5, 5.41) is 3.89. The van der Waals surface area contributed by atoms with E-state index in [2.05, 4.69) is 5.32 Å². The number of carbonyl (C=O) groups excluding carboxylic acids is 2. The van der Waals surface area contributed by atoms with Gasteiger partial charge in [-0.1, -0.05) is 37.3 Å². The van der Waals surface area contributed by atoms with Crippen molar-refractivity contribution < 1.29 is 14.3 Å². The first-order chi connectivity index (χ1) is 11.1. The Bertz CT molecular complexity index is 692. The summed E-state index contributed by atoms with van der Waals surface area (Å²) in [5.41, 5.74) is 1.99. The number of carbonyl (C=O) groups is 2. The fourth-order valence-corrected chi connectivity index (χ4v) is 3.64. The molecule has 0 radical (unpaired) electrons. The average Bonchev–Trinajstić information content (AvgIpc) is 2.95. The van der Waals surface area contributed by atoms with Crippen molar-refractivity contribution in [3.8, 4) is 11.1 Å². The van der Waals surface area contributed by atoms with E-state index in [0.29, 0.717) is 40.6 Å².